The summed E-state index contributed by atoms with van der Waals surface area (Å²) < 4.78 is 31.9. The molecule has 0 heterocycles. The molecule has 5 nitrogen and oxygen atoms in total. The molecule has 0 amide bonds. The van der Waals surface area contributed by atoms with E-state index in [1.165, 1.54) is 12.1 Å². The Morgan fingerprint density at radius 1 is 1.20 bits per heavy atom. The van der Waals surface area contributed by atoms with Gasteiger partial charge in [-0.25, -0.2) is 13.1 Å². The lowest BCUT2D eigenvalue weighted by molar-refractivity contribution is 0.271. The van der Waals surface area contributed by atoms with Crippen molar-refractivity contribution in [2.75, 3.05) is 13.2 Å². The van der Waals surface area contributed by atoms with Crippen LogP contribution in [-0.2, 0) is 10.0 Å². The quantitative estimate of drug-likeness (QED) is 0.801. The number of benzene rings is 1. The molecule has 20 heavy (non-hydrogen) atoms. The first-order valence-electron chi connectivity index (χ1n) is 6.30. The van der Waals surface area contributed by atoms with Gasteiger partial charge in [0.05, 0.1) is 11.5 Å². The minimum Gasteiger partial charge on any atom is -0.493 e. The Morgan fingerprint density at radius 3 is 2.20 bits per heavy atom. The van der Waals surface area contributed by atoms with Crippen molar-refractivity contribution >= 4 is 22.4 Å². The number of halogens is 1. The lowest BCUT2D eigenvalue weighted by Gasteiger charge is -2.13. The summed E-state index contributed by atoms with van der Waals surface area (Å²) in [6.45, 7) is 6.69. The molecular formula is C13H23ClN2O3S. The lowest BCUT2D eigenvalue weighted by atomic mass is 10.2. The van der Waals surface area contributed by atoms with Crippen molar-refractivity contribution in [2.24, 2.45) is 11.7 Å². The first-order valence-corrected chi connectivity index (χ1v) is 7.78. The highest BCUT2D eigenvalue weighted by atomic mass is 35.5. The lowest BCUT2D eigenvalue weighted by Crippen LogP contribution is -2.37. The molecule has 1 rings (SSSR count). The van der Waals surface area contributed by atoms with Crippen molar-refractivity contribution < 1.29 is 13.2 Å². The maximum absolute atomic E-state index is 12.0. The molecule has 0 spiro atoms. The number of sulfonamides is 1. The van der Waals surface area contributed by atoms with E-state index < -0.39 is 10.0 Å². The van der Waals surface area contributed by atoms with Gasteiger partial charge in [0.2, 0.25) is 10.0 Å². The Bertz CT molecular complexity index is 489. The van der Waals surface area contributed by atoms with Crippen molar-refractivity contribution in [2.45, 2.75) is 31.7 Å². The third kappa shape index (κ3) is 6.09. The summed E-state index contributed by atoms with van der Waals surface area (Å²) in [5.41, 5.74) is 5.40. The number of hydrogen-bond donors (Lipinski definition) is 2. The number of hydrogen-bond acceptors (Lipinski definition) is 4. The number of nitrogens with one attached hydrogen (secondary N) is 1. The molecule has 0 fully saturated rings. The topological polar surface area (TPSA) is 81.4 Å². The van der Waals surface area contributed by atoms with Gasteiger partial charge in [0.1, 0.15) is 5.75 Å². The van der Waals surface area contributed by atoms with Crippen LogP contribution in [0.1, 0.15) is 20.8 Å². The van der Waals surface area contributed by atoms with Crippen LogP contribution in [0.15, 0.2) is 29.2 Å². The molecule has 0 aliphatic carbocycles. The summed E-state index contributed by atoms with van der Waals surface area (Å²) in [6.07, 6.45) is 0. The molecule has 7 heteroatoms. The van der Waals surface area contributed by atoms with Gasteiger partial charge in [-0.2, -0.15) is 0 Å². The summed E-state index contributed by atoms with van der Waals surface area (Å²) in [7, 11) is -3.51. The summed E-state index contributed by atoms with van der Waals surface area (Å²) in [5, 5.41) is 0. The molecule has 3 N–H and O–H groups in total. The van der Waals surface area contributed by atoms with Crippen LogP contribution < -0.4 is 15.2 Å². The molecule has 0 aliphatic heterocycles. The number of nitrogens with two attached hydrogens (primary N) is 1. The van der Waals surface area contributed by atoms with E-state index in [1.807, 2.05) is 0 Å². The number of rotatable bonds is 7. The average molecular weight is 323 g/mol. The molecule has 0 unspecified atom stereocenters. The minimum atomic E-state index is -3.51. The zero-order valence-corrected chi connectivity index (χ0v) is 13.6. The average Bonchev–Trinajstić information content (AvgIpc) is 2.36. The maximum Gasteiger partial charge on any atom is 0.240 e. The predicted molar refractivity (Wildman–Crippen MR) is 82.9 cm³/mol. The molecule has 0 aliphatic rings. The Balaban J connectivity index is 0.00000361. The van der Waals surface area contributed by atoms with Crippen LogP contribution >= 0.6 is 12.4 Å². The highest BCUT2D eigenvalue weighted by Gasteiger charge is 2.16. The van der Waals surface area contributed by atoms with E-state index in [2.05, 4.69) is 18.6 Å². The molecule has 0 bridgehead atoms. The van der Waals surface area contributed by atoms with Crippen molar-refractivity contribution in [1.82, 2.24) is 4.72 Å². The molecule has 0 saturated heterocycles. The molecule has 116 valence electrons. The van der Waals surface area contributed by atoms with Crippen LogP contribution in [0.2, 0.25) is 0 Å². The van der Waals surface area contributed by atoms with Crippen molar-refractivity contribution in [3.8, 4) is 5.75 Å². The third-order valence-corrected chi connectivity index (χ3v) is 4.03. The van der Waals surface area contributed by atoms with Gasteiger partial charge in [-0.05, 0) is 37.1 Å². The van der Waals surface area contributed by atoms with Crippen LogP contribution in [0.5, 0.6) is 5.75 Å². The standard InChI is InChI=1S/C13H22N2O3S.ClH/c1-10(2)9-18-12-4-6-13(7-5-12)19(16,17)15-11(3)8-14;/h4-7,10-11,15H,8-9,14H2,1-3H3;1H/t11-;/m1./s1. The van der Waals surface area contributed by atoms with Crippen molar-refractivity contribution in [3.05, 3.63) is 24.3 Å². The fraction of sp³-hybridized carbons (Fsp3) is 0.538. The summed E-state index contributed by atoms with van der Waals surface area (Å²) >= 11 is 0. The van der Waals surface area contributed by atoms with Crippen LogP contribution in [-0.4, -0.2) is 27.6 Å². The number of ether oxygens (including phenoxy) is 1. The second-order valence-electron chi connectivity index (χ2n) is 4.93. The second-order valence-corrected chi connectivity index (χ2v) is 6.65. The largest absolute Gasteiger partial charge is 0.493 e. The molecular weight excluding hydrogens is 300 g/mol. The van der Waals surface area contributed by atoms with Gasteiger partial charge in [0, 0.05) is 12.6 Å². The normalized spacial score (nSPS) is 12.8. The van der Waals surface area contributed by atoms with Gasteiger partial charge < -0.3 is 10.5 Å². The van der Waals surface area contributed by atoms with Crippen LogP contribution in [0.3, 0.4) is 0 Å². The van der Waals surface area contributed by atoms with E-state index in [9.17, 15) is 8.42 Å². The van der Waals surface area contributed by atoms with Crippen molar-refractivity contribution in [1.29, 1.82) is 0 Å². The second kappa shape index (κ2) is 8.46. The van der Waals surface area contributed by atoms with Gasteiger partial charge in [0.15, 0.2) is 0 Å². The first-order chi connectivity index (χ1) is 8.85. The molecule has 0 aromatic heterocycles. The Morgan fingerprint density at radius 2 is 1.75 bits per heavy atom. The van der Waals surface area contributed by atoms with Gasteiger partial charge >= 0.3 is 0 Å². The van der Waals surface area contributed by atoms with Crippen molar-refractivity contribution in [3.63, 3.8) is 0 Å². The zero-order valence-electron chi connectivity index (χ0n) is 12.0. The molecule has 0 saturated carbocycles. The Labute approximate surface area is 127 Å². The Hall–Kier alpha value is -0.820. The van der Waals surface area contributed by atoms with Crippen LogP contribution in [0.4, 0.5) is 0 Å². The summed E-state index contributed by atoms with van der Waals surface area (Å²) in [5.74, 6) is 1.09. The SMILES string of the molecule is CC(C)COc1ccc(S(=O)(=O)N[C@H](C)CN)cc1.Cl. The van der Waals surface area contributed by atoms with Crippen LogP contribution in [0.25, 0.3) is 0 Å². The minimum absolute atomic E-state index is 0. The fourth-order valence-corrected chi connectivity index (χ4v) is 2.62. The molecule has 1 aromatic rings. The highest BCUT2D eigenvalue weighted by Crippen LogP contribution is 2.16. The zero-order chi connectivity index (χ0) is 14.5. The fourth-order valence-electron chi connectivity index (χ4n) is 1.36. The van der Waals surface area contributed by atoms with E-state index >= 15 is 0 Å². The molecule has 1 atom stereocenters. The summed E-state index contributed by atoms with van der Waals surface area (Å²) in [6, 6.07) is 6.08. The third-order valence-electron chi connectivity index (χ3n) is 2.43. The van der Waals surface area contributed by atoms with Gasteiger partial charge in [-0.3, -0.25) is 0 Å². The first kappa shape index (κ1) is 19.2. The van der Waals surface area contributed by atoms with Crippen LogP contribution in [0, 0.1) is 5.92 Å². The Kier molecular flexibility index (Phi) is 8.12. The van der Waals surface area contributed by atoms with Gasteiger partial charge in [-0.1, -0.05) is 13.8 Å². The van der Waals surface area contributed by atoms with E-state index in [0.29, 0.717) is 18.3 Å². The van der Waals surface area contributed by atoms with E-state index in [4.69, 9.17) is 10.5 Å². The smallest absolute Gasteiger partial charge is 0.240 e. The summed E-state index contributed by atoms with van der Waals surface area (Å²) in [4.78, 5) is 0.213. The van der Waals surface area contributed by atoms with E-state index in [-0.39, 0.29) is 29.9 Å². The highest BCUT2D eigenvalue weighted by molar-refractivity contribution is 7.89. The van der Waals surface area contributed by atoms with Gasteiger partial charge in [0.25, 0.3) is 0 Å². The monoisotopic (exact) mass is 322 g/mol. The predicted octanol–water partition coefficient (Wildman–Crippen LogP) is 1.77. The maximum atomic E-state index is 12.0. The van der Waals surface area contributed by atoms with Gasteiger partial charge in [-0.15, -0.1) is 12.4 Å². The van der Waals surface area contributed by atoms with E-state index in [1.54, 1.807) is 19.1 Å². The molecule has 1 aromatic carbocycles. The molecule has 0 radical (unpaired) electrons. The van der Waals surface area contributed by atoms with E-state index in [0.717, 1.165) is 0 Å².